The zero-order valence-corrected chi connectivity index (χ0v) is 23.3. The Labute approximate surface area is 222 Å². The fraction of sp³-hybridized carbons (Fsp3) is 0.548. The molecule has 2 rings (SSSR count). The van der Waals surface area contributed by atoms with Crippen molar-refractivity contribution in [1.29, 1.82) is 0 Å². The van der Waals surface area contributed by atoms with E-state index in [0.717, 1.165) is 69.3 Å². The standard InChI is InChI=1S/C31H44O6/c1-23(11-9-13-25(3)16-20-30(33)34-5)10-8-12-24(2)15-17-27-22-28(18-19-29(27)36-26(4)32)37-31-14-6-7-21-35-31/h10,13,15,18-19,22,31H,6-9,11-12,14,16-17,20-21H2,1-5H3/b23-10+,24-15?,25-13+. The molecule has 1 saturated heterocycles. The molecule has 1 aliphatic heterocycles. The molecule has 0 saturated carbocycles. The van der Waals surface area contributed by atoms with Gasteiger partial charge in [-0.15, -0.1) is 0 Å². The van der Waals surface area contributed by atoms with Crippen LogP contribution in [0.25, 0.3) is 0 Å². The van der Waals surface area contributed by atoms with Gasteiger partial charge in [0.1, 0.15) is 11.5 Å². The van der Waals surface area contributed by atoms with Crippen LogP contribution in [0.2, 0.25) is 0 Å². The maximum absolute atomic E-state index is 11.6. The summed E-state index contributed by atoms with van der Waals surface area (Å²) in [6.07, 6.45) is 15.4. The van der Waals surface area contributed by atoms with E-state index in [0.29, 0.717) is 18.6 Å². The lowest BCUT2D eigenvalue weighted by Gasteiger charge is -2.24. The molecule has 1 fully saturated rings. The van der Waals surface area contributed by atoms with Gasteiger partial charge in [0, 0.05) is 25.3 Å². The number of esters is 2. The average Bonchev–Trinajstić information content (AvgIpc) is 2.87. The molecule has 0 N–H and O–H groups in total. The summed E-state index contributed by atoms with van der Waals surface area (Å²) in [4.78, 5) is 22.8. The first-order valence-corrected chi connectivity index (χ1v) is 13.4. The van der Waals surface area contributed by atoms with Gasteiger partial charge in [0.15, 0.2) is 6.29 Å². The third-order valence-corrected chi connectivity index (χ3v) is 6.38. The van der Waals surface area contributed by atoms with Gasteiger partial charge in [-0.05, 0) is 90.3 Å². The Balaban J connectivity index is 1.86. The van der Waals surface area contributed by atoms with Crippen LogP contribution in [0.1, 0.15) is 91.0 Å². The molecule has 37 heavy (non-hydrogen) atoms. The minimum absolute atomic E-state index is 0.162. The lowest BCUT2D eigenvalue weighted by Crippen LogP contribution is -2.25. The van der Waals surface area contributed by atoms with Crippen LogP contribution in [-0.4, -0.2) is 31.9 Å². The molecule has 6 heteroatoms. The highest BCUT2D eigenvalue weighted by Crippen LogP contribution is 2.28. The number of carbonyl (C=O) groups is 2. The quantitative estimate of drug-likeness (QED) is 0.147. The van der Waals surface area contributed by atoms with E-state index in [1.165, 1.54) is 30.8 Å². The van der Waals surface area contributed by atoms with Crippen molar-refractivity contribution in [2.45, 2.75) is 98.2 Å². The molecule has 0 aromatic heterocycles. The lowest BCUT2D eigenvalue weighted by molar-refractivity contribution is -0.140. The lowest BCUT2D eigenvalue weighted by atomic mass is 10.0. The normalized spacial score (nSPS) is 16.9. The molecule has 1 unspecified atom stereocenters. The molecule has 0 radical (unpaired) electrons. The van der Waals surface area contributed by atoms with Gasteiger partial charge in [-0.3, -0.25) is 9.59 Å². The third kappa shape index (κ3) is 12.8. The Kier molecular flexibility index (Phi) is 13.8. The predicted molar refractivity (Wildman–Crippen MR) is 147 cm³/mol. The molecule has 1 heterocycles. The molecule has 1 aromatic rings. The zero-order chi connectivity index (χ0) is 27.0. The maximum atomic E-state index is 11.6. The smallest absolute Gasteiger partial charge is 0.308 e. The third-order valence-electron chi connectivity index (χ3n) is 6.38. The van der Waals surface area contributed by atoms with Gasteiger partial charge in [-0.25, -0.2) is 0 Å². The van der Waals surface area contributed by atoms with Gasteiger partial charge >= 0.3 is 11.9 Å². The molecular formula is C31H44O6. The van der Waals surface area contributed by atoms with Crippen molar-refractivity contribution in [3.05, 3.63) is 58.7 Å². The number of hydrogen-bond acceptors (Lipinski definition) is 6. The van der Waals surface area contributed by atoms with Gasteiger partial charge in [0.05, 0.1) is 13.7 Å². The molecule has 0 spiro atoms. The minimum atomic E-state index is -0.333. The highest BCUT2D eigenvalue weighted by molar-refractivity contribution is 5.70. The van der Waals surface area contributed by atoms with Crippen molar-refractivity contribution in [3.8, 4) is 11.5 Å². The van der Waals surface area contributed by atoms with Crippen LogP contribution in [0.15, 0.2) is 53.1 Å². The number of ether oxygens (including phenoxy) is 4. The molecule has 0 amide bonds. The number of carbonyl (C=O) groups excluding carboxylic acids is 2. The van der Waals surface area contributed by atoms with Crippen molar-refractivity contribution < 1.29 is 28.5 Å². The first-order valence-electron chi connectivity index (χ1n) is 13.4. The molecule has 1 aliphatic rings. The Bertz CT molecular complexity index is 966. The summed E-state index contributed by atoms with van der Waals surface area (Å²) >= 11 is 0. The van der Waals surface area contributed by atoms with E-state index in [-0.39, 0.29) is 18.2 Å². The second kappa shape index (κ2) is 16.8. The molecule has 1 aromatic carbocycles. The average molecular weight is 513 g/mol. The second-order valence-corrected chi connectivity index (χ2v) is 9.79. The largest absolute Gasteiger partial charge is 0.469 e. The van der Waals surface area contributed by atoms with Crippen LogP contribution in [0.3, 0.4) is 0 Å². The number of hydrogen-bond donors (Lipinski definition) is 0. The van der Waals surface area contributed by atoms with Crippen molar-refractivity contribution in [3.63, 3.8) is 0 Å². The number of rotatable bonds is 14. The van der Waals surface area contributed by atoms with E-state index >= 15 is 0 Å². The van der Waals surface area contributed by atoms with Gasteiger partial charge in [-0.2, -0.15) is 0 Å². The van der Waals surface area contributed by atoms with Crippen LogP contribution in [0, 0.1) is 0 Å². The summed E-state index contributed by atoms with van der Waals surface area (Å²) in [5, 5.41) is 0. The van der Waals surface area contributed by atoms with Crippen LogP contribution in [-0.2, 0) is 25.5 Å². The Hall–Kier alpha value is -2.86. The zero-order valence-electron chi connectivity index (χ0n) is 23.3. The molecule has 204 valence electrons. The highest BCUT2D eigenvalue weighted by Gasteiger charge is 2.16. The second-order valence-electron chi connectivity index (χ2n) is 9.79. The predicted octanol–water partition coefficient (Wildman–Crippen LogP) is 7.41. The molecule has 6 nitrogen and oxygen atoms in total. The van der Waals surface area contributed by atoms with Crippen molar-refractivity contribution in [1.82, 2.24) is 0 Å². The fourth-order valence-electron chi connectivity index (χ4n) is 4.08. The van der Waals surface area contributed by atoms with Crippen molar-refractivity contribution in [2.75, 3.05) is 13.7 Å². The number of allylic oxidation sites excluding steroid dienone is 6. The van der Waals surface area contributed by atoms with Crippen molar-refractivity contribution in [2.24, 2.45) is 0 Å². The van der Waals surface area contributed by atoms with E-state index in [4.69, 9.17) is 18.9 Å². The SMILES string of the molecule is COC(=O)CC/C(C)=C/CC/C(C)=C/CCC(C)=CCc1cc(OC2CCCCO2)ccc1OC(C)=O. The maximum Gasteiger partial charge on any atom is 0.308 e. The van der Waals surface area contributed by atoms with Gasteiger partial charge < -0.3 is 18.9 Å². The summed E-state index contributed by atoms with van der Waals surface area (Å²) in [5.41, 5.74) is 4.81. The minimum Gasteiger partial charge on any atom is -0.469 e. The van der Waals surface area contributed by atoms with E-state index in [1.807, 2.05) is 12.1 Å². The summed E-state index contributed by atoms with van der Waals surface area (Å²) in [7, 11) is 1.42. The van der Waals surface area contributed by atoms with E-state index in [1.54, 1.807) is 6.07 Å². The van der Waals surface area contributed by atoms with Crippen LogP contribution >= 0.6 is 0 Å². The van der Waals surface area contributed by atoms with E-state index < -0.39 is 0 Å². The molecule has 1 atom stereocenters. The first-order chi connectivity index (χ1) is 17.8. The topological polar surface area (TPSA) is 71.1 Å². The van der Waals surface area contributed by atoms with Crippen LogP contribution in [0.4, 0.5) is 0 Å². The fourth-order valence-corrected chi connectivity index (χ4v) is 4.08. The number of methoxy groups -OCH3 is 1. The molecule has 0 aliphatic carbocycles. The Morgan fingerprint density at radius 2 is 1.59 bits per heavy atom. The van der Waals surface area contributed by atoms with Crippen LogP contribution in [0.5, 0.6) is 11.5 Å². The molecule has 0 bridgehead atoms. The van der Waals surface area contributed by atoms with Crippen molar-refractivity contribution >= 4 is 11.9 Å². The van der Waals surface area contributed by atoms with Gasteiger partial charge in [0.25, 0.3) is 0 Å². The summed E-state index contributed by atoms with van der Waals surface area (Å²) in [6.45, 7) is 8.52. The summed E-state index contributed by atoms with van der Waals surface area (Å²) in [6, 6.07) is 5.58. The van der Waals surface area contributed by atoms with E-state index in [9.17, 15) is 9.59 Å². The first kappa shape index (κ1) is 30.4. The van der Waals surface area contributed by atoms with E-state index in [2.05, 4.69) is 39.0 Å². The highest BCUT2D eigenvalue weighted by atomic mass is 16.7. The number of benzene rings is 1. The van der Waals surface area contributed by atoms with Crippen LogP contribution < -0.4 is 9.47 Å². The Morgan fingerprint density at radius 3 is 2.22 bits per heavy atom. The molecular weight excluding hydrogens is 468 g/mol. The summed E-state index contributed by atoms with van der Waals surface area (Å²) < 4.78 is 21.8. The summed E-state index contributed by atoms with van der Waals surface area (Å²) in [5.74, 6) is 0.807. The van der Waals surface area contributed by atoms with Gasteiger partial charge in [0.2, 0.25) is 0 Å². The Morgan fingerprint density at radius 1 is 0.919 bits per heavy atom. The van der Waals surface area contributed by atoms with Gasteiger partial charge in [-0.1, -0.05) is 34.9 Å². The monoisotopic (exact) mass is 512 g/mol.